The van der Waals surface area contributed by atoms with Crippen molar-refractivity contribution in [2.75, 3.05) is 33.2 Å². The molecule has 0 N–H and O–H groups in total. The van der Waals surface area contributed by atoms with Crippen LogP contribution in [0.3, 0.4) is 0 Å². The van der Waals surface area contributed by atoms with Crippen molar-refractivity contribution in [1.29, 1.82) is 0 Å². The van der Waals surface area contributed by atoms with Gasteiger partial charge in [0.15, 0.2) is 0 Å². The van der Waals surface area contributed by atoms with Crippen molar-refractivity contribution in [1.82, 2.24) is 19.8 Å². The first kappa shape index (κ1) is 19.2. The van der Waals surface area contributed by atoms with E-state index in [0.717, 1.165) is 50.5 Å². The summed E-state index contributed by atoms with van der Waals surface area (Å²) in [6.45, 7) is 7.67. The zero-order valence-corrected chi connectivity index (χ0v) is 17.8. The van der Waals surface area contributed by atoms with Crippen molar-refractivity contribution in [3.8, 4) is 11.1 Å². The fraction of sp³-hybridized carbons (Fsp3) is 0.308. The molecule has 4 nitrogen and oxygen atoms in total. The number of rotatable bonds is 4. The van der Waals surface area contributed by atoms with E-state index in [1.54, 1.807) is 0 Å². The van der Waals surface area contributed by atoms with Crippen molar-refractivity contribution >= 4 is 5.57 Å². The Bertz CT molecular complexity index is 1060. The molecule has 0 bridgehead atoms. The third-order valence-electron chi connectivity index (χ3n) is 6.27. The maximum absolute atomic E-state index is 4.77. The zero-order valence-electron chi connectivity index (χ0n) is 17.8. The molecule has 1 aliphatic carbocycles. The molecule has 3 aromatic rings. The number of benzene rings is 1. The van der Waals surface area contributed by atoms with Gasteiger partial charge in [-0.2, -0.15) is 0 Å². The number of fused-ring (bicyclic) bond motifs is 1. The number of aromatic nitrogens is 2. The van der Waals surface area contributed by atoms with Gasteiger partial charge in [-0.15, -0.1) is 0 Å². The number of hydrogen-bond acceptors (Lipinski definition) is 4. The molecule has 30 heavy (non-hydrogen) atoms. The molecule has 0 spiro atoms. The van der Waals surface area contributed by atoms with E-state index < -0.39 is 0 Å². The molecule has 0 amide bonds. The van der Waals surface area contributed by atoms with Crippen molar-refractivity contribution in [3.05, 3.63) is 89.0 Å². The van der Waals surface area contributed by atoms with E-state index in [2.05, 4.69) is 70.4 Å². The van der Waals surface area contributed by atoms with Crippen LogP contribution >= 0.6 is 0 Å². The normalized spacial score (nSPS) is 17.1. The molecule has 1 aromatic carbocycles. The first-order valence-electron chi connectivity index (χ1n) is 10.8. The van der Waals surface area contributed by atoms with Gasteiger partial charge < -0.3 is 4.90 Å². The second kappa shape index (κ2) is 8.13. The van der Waals surface area contributed by atoms with E-state index in [-0.39, 0.29) is 0 Å². The molecule has 0 saturated carbocycles. The largest absolute Gasteiger partial charge is 0.304 e. The lowest BCUT2D eigenvalue weighted by molar-refractivity contribution is 0.148. The molecule has 0 atom stereocenters. The highest BCUT2D eigenvalue weighted by Gasteiger charge is 2.18. The summed E-state index contributed by atoms with van der Waals surface area (Å²) < 4.78 is 0. The number of likely N-dealkylation sites (N-methyl/N-ethyl adjacent to an activating group) is 1. The molecule has 152 valence electrons. The van der Waals surface area contributed by atoms with Crippen molar-refractivity contribution < 1.29 is 0 Å². The Balaban J connectivity index is 1.35. The standard InChI is InChI=1S/C26H28N4/c1-19-3-6-22(16-27-19)24-9-10-26-25(24)15-23(17-28-26)21-7-4-20(5-8-21)18-30-13-11-29(2)12-14-30/h3-9,15-17H,10-14,18H2,1-2H3. The fourth-order valence-electron chi connectivity index (χ4n) is 4.32. The summed E-state index contributed by atoms with van der Waals surface area (Å²) >= 11 is 0. The van der Waals surface area contributed by atoms with E-state index in [4.69, 9.17) is 4.98 Å². The molecule has 4 heteroatoms. The topological polar surface area (TPSA) is 32.3 Å². The van der Waals surface area contributed by atoms with Gasteiger partial charge in [-0.3, -0.25) is 14.9 Å². The minimum atomic E-state index is 0.892. The minimum absolute atomic E-state index is 0.892. The highest BCUT2D eigenvalue weighted by molar-refractivity contribution is 5.85. The summed E-state index contributed by atoms with van der Waals surface area (Å²) in [6.07, 6.45) is 7.14. The molecular formula is C26H28N4. The summed E-state index contributed by atoms with van der Waals surface area (Å²) in [5, 5.41) is 0. The summed E-state index contributed by atoms with van der Waals surface area (Å²) in [5.74, 6) is 0. The number of allylic oxidation sites excluding steroid dienone is 1. The molecule has 5 rings (SSSR count). The van der Waals surface area contributed by atoms with E-state index in [9.17, 15) is 0 Å². The Labute approximate surface area is 178 Å². The SMILES string of the molecule is Cc1ccc(C2=CCc3ncc(-c4ccc(CN5CCN(C)CC5)cc4)cc32)cn1. The second-order valence-corrected chi connectivity index (χ2v) is 8.50. The molecule has 2 aromatic heterocycles. The average Bonchev–Trinajstić information content (AvgIpc) is 3.20. The van der Waals surface area contributed by atoms with E-state index >= 15 is 0 Å². The Morgan fingerprint density at radius 1 is 0.833 bits per heavy atom. The molecule has 1 aliphatic heterocycles. The molecule has 0 radical (unpaired) electrons. The van der Waals surface area contributed by atoms with Crippen LogP contribution in [0.1, 0.15) is 28.1 Å². The lowest BCUT2D eigenvalue weighted by Crippen LogP contribution is -2.43. The van der Waals surface area contributed by atoms with Gasteiger partial charge in [-0.05, 0) is 42.8 Å². The molecule has 2 aliphatic rings. The monoisotopic (exact) mass is 396 g/mol. The van der Waals surface area contributed by atoms with Gasteiger partial charge >= 0.3 is 0 Å². The van der Waals surface area contributed by atoms with E-state index in [1.807, 2.05) is 19.3 Å². The van der Waals surface area contributed by atoms with Crippen LogP contribution in [0.4, 0.5) is 0 Å². The van der Waals surface area contributed by atoms with Crippen molar-refractivity contribution in [2.24, 2.45) is 0 Å². The van der Waals surface area contributed by atoms with Gasteiger partial charge in [0.25, 0.3) is 0 Å². The lowest BCUT2D eigenvalue weighted by atomic mass is 9.98. The predicted octanol–water partition coefficient (Wildman–Crippen LogP) is 4.19. The molecule has 1 saturated heterocycles. The number of nitrogens with zero attached hydrogens (tertiary/aromatic N) is 4. The van der Waals surface area contributed by atoms with Gasteiger partial charge in [0.05, 0.1) is 5.69 Å². The highest BCUT2D eigenvalue weighted by atomic mass is 15.2. The Morgan fingerprint density at radius 2 is 1.57 bits per heavy atom. The molecule has 3 heterocycles. The molecular weight excluding hydrogens is 368 g/mol. The third kappa shape index (κ3) is 3.93. The quantitative estimate of drug-likeness (QED) is 0.662. The van der Waals surface area contributed by atoms with Gasteiger partial charge in [-0.25, -0.2) is 0 Å². The van der Waals surface area contributed by atoms with Crippen molar-refractivity contribution in [3.63, 3.8) is 0 Å². The number of aryl methyl sites for hydroxylation is 1. The maximum atomic E-state index is 4.77. The molecule has 1 fully saturated rings. The Kier molecular flexibility index (Phi) is 5.19. The number of pyridine rings is 2. The third-order valence-corrected chi connectivity index (χ3v) is 6.27. The summed E-state index contributed by atoms with van der Waals surface area (Å²) in [7, 11) is 2.20. The van der Waals surface area contributed by atoms with Crippen LogP contribution < -0.4 is 0 Å². The van der Waals surface area contributed by atoms with Crippen LogP contribution in [0.15, 0.2) is 60.9 Å². The molecule has 0 unspecified atom stereocenters. The second-order valence-electron chi connectivity index (χ2n) is 8.50. The van der Waals surface area contributed by atoms with E-state index in [0.29, 0.717) is 0 Å². The highest BCUT2D eigenvalue weighted by Crippen LogP contribution is 2.34. The first-order valence-corrected chi connectivity index (χ1v) is 10.8. The number of hydrogen-bond donors (Lipinski definition) is 0. The van der Waals surface area contributed by atoms with Crippen LogP contribution in [0.25, 0.3) is 16.7 Å². The summed E-state index contributed by atoms with van der Waals surface area (Å²) in [4.78, 5) is 14.2. The van der Waals surface area contributed by atoms with Gasteiger partial charge in [-0.1, -0.05) is 36.4 Å². The first-order chi connectivity index (χ1) is 14.7. The van der Waals surface area contributed by atoms with Crippen molar-refractivity contribution in [2.45, 2.75) is 19.9 Å². The van der Waals surface area contributed by atoms with Gasteiger partial charge in [0.2, 0.25) is 0 Å². The fourth-order valence-corrected chi connectivity index (χ4v) is 4.32. The van der Waals surface area contributed by atoms with Crippen LogP contribution in [0, 0.1) is 6.92 Å². The Morgan fingerprint density at radius 3 is 2.30 bits per heavy atom. The van der Waals surface area contributed by atoms with Crippen LogP contribution in [-0.4, -0.2) is 53.0 Å². The van der Waals surface area contributed by atoms with Crippen LogP contribution in [0.2, 0.25) is 0 Å². The van der Waals surface area contributed by atoms with Gasteiger partial charge in [0, 0.05) is 73.9 Å². The summed E-state index contributed by atoms with van der Waals surface area (Å²) in [6, 6.07) is 15.5. The minimum Gasteiger partial charge on any atom is -0.304 e. The van der Waals surface area contributed by atoms with E-state index in [1.165, 1.54) is 33.4 Å². The van der Waals surface area contributed by atoms with Crippen LogP contribution in [-0.2, 0) is 13.0 Å². The smallest absolute Gasteiger partial charge is 0.0520 e. The average molecular weight is 397 g/mol. The number of piperazine rings is 1. The Hall–Kier alpha value is -2.82. The van der Waals surface area contributed by atoms with Gasteiger partial charge in [0.1, 0.15) is 0 Å². The zero-order chi connectivity index (χ0) is 20.5. The van der Waals surface area contributed by atoms with Crippen LogP contribution in [0.5, 0.6) is 0 Å². The predicted molar refractivity (Wildman–Crippen MR) is 122 cm³/mol. The lowest BCUT2D eigenvalue weighted by Gasteiger charge is -2.32. The maximum Gasteiger partial charge on any atom is 0.0520 e. The summed E-state index contributed by atoms with van der Waals surface area (Å²) in [5.41, 5.74) is 9.62.